The van der Waals surface area contributed by atoms with Gasteiger partial charge in [-0.15, -0.1) is 0 Å². The molecule has 24 heavy (non-hydrogen) atoms. The van der Waals surface area contributed by atoms with Crippen LogP contribution in [-0.4, -0.2) is 46.7 Å². The lowest BCUT2D eigenvalue weighted by molar-refractivity contribution is -0.132. The SMILES string of the molecule is CC1(C2CC2)NC(=O)N(CC(O)COCc2ccc(Cl)cc2)C1=O. The highest BCUT2D eigenvalue weighted by Crippen LogP contribution is 2.42. The van der Waals surface area contributed by atoms with Crippen LogP contribution in [0.5, 0.6) is 0 Å². The van der Waals surface area contributed by atoms with E-state index in [0.29, 0.717) is 11.6 Å². The maximum Gasteiger partial charge on any atom is 0.325 e. The number of ether oxygens (including phenoxy) is 1. The Kier molecular flexibility index (Phi) is 4.80. The number of β-amino-alcohol motifs (C(OH)–C–C–N with tert-alkyl or cyclic N) is 1. The van der Waals surface area contributed by atoms with E-state index in [-0.39, 0.29) is 25.0 Å². The molecule has 6 nitrogen and oxygen atoms in total. The number of rotatable bonds is 7. The van der Waals surface area contributed by atoms with Gasteiger partial charge in [-0.25, -0.2) is 4.79 Å². The fourth-order valence-electron chi connectivity index (χ4n) is 2.98. The summed E-state index contributed by atoms with van der Waals surface area (Å²) in [4.78, 5) is 25.6. The van der Waals surface area contributed by atoms with Crippen LogP contribution < -0.4 is 5.32 Å². The lowest BCUT2D eigenvalue weighted by atomic mass is 9.96. The average Bonchev–Trinajstić information content (AvgIpc) is 3.36. The van der Waals surface area contributed by atoms with Crippen LogP contribution in [0.3, 0.4) is 0 Å². The molecule has 130 valence electrons. The van der Waals surface area contributed by atoms with Crippen molar-refractivity contribution < 1.29 is 19.4 Å². The van der Waals surface area contributed by atoms with Crippen molar-refractivity contribution in [3.63, 3.8) is 0 Å². The number of carbonyl (C=O) groups excluding carboxylic acids is 2. The van der Waals surface area contributed by atoms with Gasteiger partial charge in [0.2, 0.25) is 0 Å². The van der Waals surface area contributed by atoms with Gasteiger partial charge in [0.15, 0.2) is 0 Å². The number of hydrogen-bond donors (Lipinski definition) is 2. The van der Waals surface area contributed by atoms with Gasteiger partial charge < -0.3 is 15.2 Å². The highest BCUT2D eigenvalue weighted by molar-refractivity contribution is 6.30. The molecule has 2 aliphatic rings. The number of hydrogen-bond acceptors (Lipinski definition) is 4. The van der Waals surface area contributed by atoms with Gasteiger partial charge in [0, 0.05) is 5.02 Å². The number of aliphatic hydroxyl groups is 1. The van der Waals surface area contributed by atoms with Gasteiger partial charge in [-0.2, -0.15) is 0 Å². The monoisotopic (exact) mass is 352 g/mol. The van der Waals surface area contributed by atoms with Crippen molar-refractivity contribution in [3.8, 4) is 0 Å². The van der Waals surface area contributed by atoms with Crippen LogP contribution >= 0.6 is 11.6 Å². The molecule has 2 fully saturated rings. The number of urea groups is 1. The fourth-order valence-corrected chi connectivity index (χ4v) is 3.10. The maximum atomic E-state index is 12.5. The van der Waals surface area contributed by atoms with Crippen LogP contribution in [0.1, 0.15) is 25.3 Å². The molecule has 2 unspecified atom stereocenters. The molecule has 2 atom stereocenters. The van der Waals surface area contributed by atoms with Gasteiger partial charge in [0.25, 0.3) is 5.91 Å². The summed E-state index contributed by atoms with van der Waals surface area (Å²) in [6.45, 7) is 2.07. The summed E-state index contributed by atoms with van der Waals surface area (Å²) >= 11 is 5.81. The third-order valence-corrected chi connectivity index (χ3v) is 4.83. The van der Waals surface area contributed by atoms with E-state index in [1.54, 1.807) is 19.1 Å². The van der Waals surface area contributed by atoms with Crippen molar-refractivity contribution in [1.82, 2.24) is 10.2 Å². The smallest absolute Gasteiger partial charge is 0.325 e. The molecule has 1 aromatic rings. The summed E-state index contributed by atoms with van der Waals surface area (Å²) in [6.07, 6.45) is 0.972. The van der Waals surface area contributed by atoms with E-state index in [0.717, 1.165) is 23.3 Å². The largest absolute Gasteiger partial charge is 0.389 e. The summed E-state index contributed by atoms with van der Waals surface area (Å²) in [5.41, 5.74) is 0.115. The summed E-state index contributed by atoms with van der Waals surface area (Å²) in [5.74, 6) is -0.0519. The molecule has 3 rings (SSSR count). The first kappa shape index (κ1) is 17.2. The third-order valence-electron chi connectivity index (χ3n) is 4.58. The van der Waals surface area contributed by atoms with Gasteiger partial charge in [0.1, 0.15) is 5.54 Å². The van der Waals surface area contributed by atoms with Crippen molar-refractivity contribution in [2.45, 2.75) is 38.0 Å². The fraction of sp³-hybridized carbons (Fsp3) is 0.529. The molecule has 0 radical (unpaired) electrons. The van der Waals surface area contributed by atoms with E-state index >= 15 is 0 Å². The second-order valence-electron chi connectivity index (χ2n) is 6.62. The standard InChI is InChI=1S/C17H21ClN2O4/c1-17(12-4-5-12)15(22)20(16(23)19-17)8-14(21)10-24-9-11-2-6-13(18)7-3-11/h2-3,6-7,12,14,21H,4-5,8-10H2,1H3,(H,19,23). The Labute approximate surface area is 145 Å². The number of carbonyl (C=O) groups is 2. The van der Waals surface area contributed by atoms with E-state index in [2.05, 4.69) is 5.32 Å². The van der Waals surface area contributed by atoms with Crippen LogP contribution in [0, 0.1) is 5.92 Å². The number of amides is 3. The van der Waals surface area contributed by atoms with Crippen molar-refractivity contribution in [1.29, 1.82) is 0 Å². The minimum atomic E-state index is -0.923. The molecule has 0 bridgehead atoms. The Morgan fingerprint density at radius 1 is 1.38 bits per heavy atom. The zero-order chi connectivity index (χ0) is 17.3. The molecule has 1 saturated heterocycles. The number of nitrogens with zero attached hydrogens (tertiary/aromatic N) is 1. The van der Waals surface area contributed by atoms with Gasteiger partial charge in [-0.05, 0) is 43.4 Å². The zero-order valence-electron chi connectivity index (χ0n) is 13.5. The highest BCUT2D eigenvalue weighted by atomic mass is 35.5. The van der Waals surface area contributed by atoms with Crippen LogP contribution in [-0.2, 0) is 16.1 Å². The number of benzene rings is 1. The molecule has 2 N–H and O–H groups in total. The van der Waals surface area contributed by atoms with E-state index < -0.39 is 17.7 Å². The number of aliphatic hydroxyl groups excluding tert-OH is 1. The molecule has 3 amide bonds. The van der Waals surface area contributed by atoms with Gasteiger partial charge in [-0.1, -0.05) is 23.7 Å². The number of imide groups is 1. The van der Waals surface area contributed by atoms with E-state index in [1.807, 2.05) is 12.1 Å². The summed E-state index contributed by atoms with van der Waals surface area (Å²) in [6, 6.07) is 6.78. The first-order valence-electron chi connectivity index (χ1n) is 8.04. The van der Waals surface area contributed by atoms with Crippen LogP contribution in [0.2, 0.25) is 5.02 Å². The molecule has 1 aromatic carbocycles. The second-order valence-corrected chi connectivity index (χ2v) is 7.05. The van der Waals surface area contributed by atoms with Gasteiger partial charge in [0.05, 0.1) is 25.9 Å². The van der Waals surface area contributed by atoms with Crippen molar-refractivity contribution >= 4 is 23.5 Å². The summed E-state index contributed by atoms with van der Waals surface area (Å²) in [7, 11) is 0. The molecule has 1 heterocycles. The maximum absolute atomic E-state index is 12.5. The molecule has 0 aromatic heterocycles. The minimum Gasteiger partial charge on any atom is -0.389 e. The van der Waals surface area contributed by atoms with Crippen LogP contribution in [0.25, 0.3) is 0 Å². The van der Waals surface area contributed by atoms with Gasteiger partial charge >= 0.3 is 6.03 Å². The van der Waals surface area contributed by atoms with Crippen LogP contribution in [0.4, 0.5) is 4.79 Å². The second kappa shape index (κ2) is 6.70. The minimum absolute atomic E-state index is 0.0415. The number of nitrogens with one attached hydrogen (secondary N) is 1. The Hall–Kier alpha value is -1.63. The first-order chi connectivity index (χ1) is 11.4. The van der Waals surface area contributed by atoms with Crippen molar-refractivity contribution in [2.24, 2.45) is 5.92 Å². The molecular formula is C17H21ClN2O4. The predicted molar refractivity (Wildman–Crippen MR) is 88.5 cm³/mol. The van der Waals surface area contributed by atoms with E-state index in [4.69, 9.17) is 16.3 Å². The Morgan fingerprint density at radius 3 is 2.67 bits per heavy atom. The molecular weight excluding hydrogens is 332 g/mol. The zero-order valence-corrected chi connectivity index (χ0v) is 14.3. The topological polar surface area (TPSA) is 78.9 Å². The predicted octanol–water partition coefficient (Wildman–Crippen LogP) is 1.94. The Balaban J connectivity index is 1.48. The Bertz CT molecular complexity index is 632. The molecule has 1 saturated carbocycles. The highest BCUT2D eigenvalue weighted by Gasteiger charge is 2.56. The lowest BCUT2D eigenvalue weighted by Crippen LogP contribution is -2.46. The molecule has 0 spiro atoms. The molecule has 1 aliphatic heterocycles. The first-order valence-corrected chi connectivity index (χ1v) is 8.42. The average molecular weight is 353 g/mol. The van der Waals surface area contributed by atoms with Gasteiger partial charge in [-0.3, -0.25) is 9.69 Å². The van der Waals surface area contributed by atoms with E-state index in [1.165, 1.54) is 0 Å². The number of halogens is 1. The van der Waals surface area contributed by atoms with Crippen molar-refractivity contribution in [2.75, 3.05) is 13.2 Å². The molecule has 1 aliphatic carbocycles. The van der Waals surface area contributed by atoms with Crippen molar-refractivity contribution in [3.05, 3.63) is 34.9 Å². The quantitative estimate of drug-likeness (QED) is 0.735. The summed E-state index contributed by atoms with van der Waals surface area (Å²) in [5, 5.41) is 13.5. The molecule has 7 heteroatoms. The summed E-state index contributed by atoms with van der Waals surface area (Å²) < 4.78 is 5.45. The van der Waals surface area contributed by atoms with Crippen LogP contribution in [0.15, 0.2) is 24.3 Å². The van der Waals surface area contributed by atoms with E-state index in [9.17, 15) is 14.7 Å². The Morgan fingerprint density at radius 2 is 2.04 bits per heavy atom. The normalized spacial score (nSPS) is 25.0. The third kappa shape index (κ3) is 3.55. The lowest BCUT2D eigenvalue weighted by Gasteiger charge is -2.22.